The molecule has 1 nitrogen and oxygen atoms in total. The monoisotopic (exact) mass is 183 g/mol. The van der Waals surface area contributed by atoms with Gasteiger partial charge in [-0.15, -0.1) is 6.58 Å². The molecular formula is C13H11O. The normalized spacial score (nSPS) is 10.3. The predicted octanol–water partition coefficient (Wildman–Crippen LogP) is 3.07. The Hall–Kier alpha value is -1.76. The summed E-state index contributed by atoms with van der Waals surface area (Å²) in [6, 6.07) is 12.4. The lowest BCUT2D eigenvalue weighted by molar-refractivity contribution is 0.480. The van der Waals surface area contributed by atoms with Crippen LogP contribution < -0.4 is 0 Å². The number of benzene rings is 2. The van der Waals surface area contributed by atoms with Gasteiger partial charge in [-0.1, -0.05) is 30.3 Å². The van der Waals surface area contributed by atoms with Gasteiger partial charge >= 0.3 is 0 Å². The summed E-state index contributed by atoms with van der Waals surface area (Å²) in [5.74, 6) is 0.216. The van der Waals surface area contributed by atoms with E-state index in [0.29, 0.717) is 0 Å². The number of aromatic hydroxyl groups is 1. The highest BCUT2D eigenvalue weighted by atomic mass is 16.3. The zero-order valence-electron chi connectivity index (χ0n) is 7.83. The van der Waals surface area contributed by atoms with Crippen molar-refractivity contribution in [2.24, 2.45) is 0 Å². The highest BCUT2D eigenvalue weighted by Gasteiger charge is 2.02. The molecule has 1 radical (unpaired) electrons. The molecule has 0 bridgehead atoms. The number of hydrogen-bond donors (Lipinski definition) is 1. The molecule has 1 heteroatoms. The van der Waals surface area contributed by atoms with Gasteiger partial charge in [-0.3, -0.25) is 0 Å². The molecule has 0 fully saturated rings. The van der Waals surface area contributed by atoms with E-state index in [4.69, 9.17) is 0 Å². The molecule has 0 unspecified atom stereocenters. The maximum atomic E-state index is 9.58. The first-order valence-corrected chi connectivity index (χ1v) is 4.55. The molecule has 0 aliphatic rings. The Morgan fingerprint density at radius 1 is 1.29 bits per heavy atom. The van der Waals surface area contributed by atoms with Crippen LogP contribution >= 0.6 is 0 Å². The molecule has 0 heterocycles. The van der Waals surface area contributed by atoms with Crippen molar-refractivity contribution in [2.75, 3.05) is 0 Å². The number of phenols is 1. The van der Waals surface area contributed by atoms with Gasteiger partial charge in [0.15, 0.2) is 0 Å². The van der Waals surface area contributed by atoms with Gasteiger partial charge in [-0.05, 0) is 23.4 Å². The zero-order valence-corrected chi connectivity index (χ0v) is 7.83. The number of fused-ring (bicyclic) bond motifs is 1. The lowest BCUT2D eigenvalue weighted by atomic mass is 10.0. The van der Waals surface area contributed by atoms with E-state index in [1.807, 2.05) is 30.3 Å². The summed E-state index contributed by atoms with van der Waals surface area (Å²) in [4.78, 5) is 0. The molecule has 0 aliphatic heterocycles. The van der Waals surface area contributed by atoms with Gasteiger partial charge < -0.3 is 5.11 Å². The molecule has 69 valence electrons. The summed E-state index contributed by atoms with van der Waals surface area (Å²) in [7, 11) is 0. The molecule has 0 aliphatic carbocycles. The van der Waals surface area contributed by atoms with Crippen LogP contribution in [0.25, 0.3) is 10.8 Å². The Labute approximate surface area is 83.3 Å². The predicted molar refractivity (Wildman–Crippen MR) is 58.3 cm³/mol. The molecule has 2 rings (SSSR count). The van der Waals surface area contributed by atoms with E-state index in [-0.39, 0.29) is 5.75 Å². The van der Waals surface area contributed by atoms with E-state index in [2.05, 4.69) is 12.6 Å². The van der Waals surface area contributed by atoms with Gasteiger partial charge in [0.1, 0.15) is 5.75 Å². The van der Waals surface area contributed by atoms with Crippen molar-refractivity contribution >= 4 is 10.8 Å². The maximum absolute atomic E-state index is 9.58. The highest BCUT2D eigenvalue weighted by Crippen LogP contribution is 2.26. The fraction of sp³-hybridized carbons (Fsp3) is 0.0769. The third-order valence-corrected chi connectivity index (χ3v) is 2.29. The Bertz CT molecular complexity index is 472. The lowest BCUT2D eigenvalue weighted by Gasteiger charge is -2.04. The summed E-state index contributed by atoms with van der Waals surface area (Å²) in [5, 5.41) is 11.5. The first-order valence-electron chi connectivity index (χ1n) is 4.55. The molecule has 0 atom stereocenters. The minimum Gasteiger partial charge on any atom is -0.507 e. The SMILES string of the molecule is C=CCc1cccc2c(O)[c]ccc12. The molecular weight excluding hydrogens is 172 g/mol. The lowest BCUT2D eigenvalue weighted by Crippen LogP contribution is -1.83. The summed E-state index contributed by atoms with van der Waals surface area (Å²) in [5.41, 5.74) is 1.18. The minimum atomic E-state index is 0.216. The molecule has 0 aromatic heterocycles. The van der Waals surface area contributed by atoms with Crippen LogP contribution in [0, 0.1) is 6.07 Å². The molecule has 0 amide bonds. The Kier molecular flexibility index (Phi) is 2.23. The smallest absolute Gasteiger partial charge is 0.131 e. The van der Waals surface area contributed by atoms with E-state index >= 15 is 0 Å². The molecule has 14 heavy (non-hydrogen) atoms. The van der Waals surface area contributed by atoms with Gasteiger partial charge in [-0.2, -0.15) is 0 Å². The number of rotatable bonds is 2. The fourth-order valence-corrected chi connectivity index (χ4v) is 1.63. The Morgan fingerprint density at radius 2 is 2.14 bits per heavy atom. The maximum Gasteiger partial charge on any atom is 0.131 e. The van der Waals surface area contributed by atoms with Crippen molar-refractivity contribution in [3.8, 4) is 5.75 Å². The van der Waals surface area contributed by atoms with Gasteiger partial charge in [0, 0.05) is 11.5 Å². The minimum absolute atomic E-state index is 0.216. The van der Waals surface area contributed by atoms with E-state index in [1.165, 1.54) is 5.56 Å². The topological polar surface area (TPSA) is 20.2 Å². The van der Waals surface area contributed by atoms with Crippen LogP contribution in [0.2, 0.25) is 0 Å². The van der Waals surface area contributed by atoms with Crippen molar-refractivity contribution in [1.82, 2.24) is 0 Å². The largest absolute Gasteiger partial charge is 0.507 e. The quantitative estimate of drug-likeness (QED) is 0.709. The van der Waals surface area contributed by atoms with Gasteiger partial charge in [-0.25, -0.2) is 0 Å². The second-order valence-corrected chi connectivity index (χ2v) is 3.20. The molecule has 0 saturated heterocycles. The first kappa shape index (κ1) is 8.82. The van der Waals surface area contributed by atoms with E-state index in [1.54, 1.807) is 6.07 Å². The molecule has 0 spiro atoms. The molecule has 2 aromatic rings. The average molecular weight is 183 g/mol. The number of hydrogen-bond acceptors (Lipinski definition) is 1. The van der Waals surface area contributed by atoms with Crippen molar-refractivity contribution in [3.63, 3.8) is 0 Å². The van der Waals surface area contributed by atoms with Gasteiger partial charge in [0.05, 0.1) is 0 Å². The summed E-state index contributed by atoms with van der Waals surface area (Å²) < 4.78 is 0. The van der Waals surface area contributed by atoms with Crippen molar-refractivity contribution in [2.45, 2.75) is 6.42 Å². The van der Waals surface area contributed by atoms with Crippen LogP contribution in [-0.4, -0.2) is 5.11 Å². The van der Waals surface area contributed by atoms with Gasteiger partial charge in [0.2, 0.25) is 0 Å². The zero-order chi connectivity index (χ0) is 9.97. The molecule has 1 N–H and O–H groups in total. The Balaban J connectivity index is 2.74. The second-order valence-electron chi connectivity index (χ2n) is 3.20. The van der Waals surface area contributed by atoms with Crippen LogP contribution in [0.3, 0.4) is 0 Å². The van der Waals surface area contributed by atoms with Crippen LogP contribution in [0.4, 0.5) is 0 Å². The molecule has 2 aromatic carbocycles. The third-order valence-electron chi connectivity index (χ3n) is 2.29. The van der Waals surface area contributed by atoms with E-state index in [0.717, 1.165) is 17.2 Å². The molecule has 0 saturated carbocycles. The Morgan fingerprint density at radius 3 is 2.93 bits per heavy atom. The number of phenolic OH excluding ortho intramolecular Hbond substituents is 1. The van der Waals surface area contributed by atoms with Crippen LogP contribution in [-0.2, 0) is 6.42 Å². The van der Waals surface area contributed by atoms with E-state index < -0.39 is 0 Å². The fourth-order valence-electron chi connectivity index (χ4n) is 1.63. The number of allylic oxidation sites excluding steroid dienone is 1. The summed E-state index contributed by atoms with van der Waals surface area (Å²) in [6.07, 6.45) is 2.68. The first-order chi connectivity index (χ1) is 6.83. The van der Waals surface area contributed by atoms with Crippen LogP contribution in [0.15, 0.2) is 43.0 Å². The second kappa shape index (κ2) is 3.54. The van der Waals surface area contributed by atoms with Crippen LogP contribution in [0.1, 0.15) is 5.56 Å². The standard InChI is InChI=1S/C13H11O/c1-2-5-10-6-3-8-12-11(10)7-4-9-13(12)14/h2-4,6-8,14H,1,5H2. The average Bonchev–Trinajstić information content (AvgIpc) is 2.20. The third kappa shape index (κ3) is 1.37. The highest BCUT2D eigenvalue weighted by molar-refractivity contribution is 5.90. The van der Waals surface area contributed by atoms with Crippen molar-refractivity contribution in [3.05, 3.63) is 54.6 Å². The summed E-state index contributed by atoms with van der Waals surface area (Å²) in [6.45, 7) is 3.71. The van der Waals surface area contributed by atoms with E-state index in [9.17, 15) is 5.11 Å². The van der Waals surface area contributed by atoms with Crippen LogP contribution in [0.5, 0.6) is 5.75 Å². The van der Waals surface area contributed by atoms with Gasteiger partial charge in [0.25, 0.3) is 0 Å². The van der Waals surface area contributed by atoms with Crippen molar-refractivity contribution in [1.29, 1.82) is 0 Å². The summed E-state index contributed by atoms with van der Waals surface area (Å²) >= 11 is 0. The van der Waals surface area contributed by atoms with Crippen molar-refractivity contribution < 1.29 is 5.11 Å².